The maximum atomic E-state index is 11.7. The Balaban J connectivity index is 1.95. The molecule has 0 radical (unpaired) electrons. The fraction of sp³-hybridized carbons (Fsp3) is 0.357. The van der Waals surface area contributed by atoms with Crippen LogP contribution in [0.1, 0.15) is 18.4 Å². The lowest BCUT2D eigenvalue weighted by molar-refractivity contribution is -0.125. The van der Waals surface area contributed by atoms with E-state index in [0.717, 1.165) is 5.56 Å². The van der Waals surface area contributed by atoms with E-state index in [2.05, 4.69) is 15.8 Å². The average Bonchev–Trinajstić information content (AvgIpc) is 2.93. The zero-order chi connectivity index (χ0) is 15.2. The van der Waals surface area contributed by atoms with Crippen LogP contribution in [0.15, 0.2) is 23.3 Å². The molecule has 2 N–H and O–H groups in total. The third-order valence-electron chi connectivity index (χ3n) is 3.11. The largest absolute Gasteiger partial charge is 0.493 e. The van der Waals surface area contributed by atoms with Crippen LogP contribution in [0.25, 0.3) is 0 Å². The first-order valence-electron chi connectivity index (χ1n) is 6.48. The number of benzene rings is 1. The molecule has 1 heterocycles. The number of rotatable bonds is 5. The van der Waals surface area contributed by atoms with Gasteiger partial charge >= 0.3 is 0 Å². The molecule has 0 aromatic heterocycles. The van der Waals surface area contributed by atoms with Crippen molar-refractivity contribution in [3.63, 3.8) is 0 Å². The molecular formula is C14H17N3O4. The number of carbonyl (C=O) groups excluding carboxylic acids is 2. The maximum absolute atomic E-state index is 11.7. The second-order valence-corrected chi connectivity index (χ2v) is 4.51. The quantitative estimate of drug-likeness (QED) is 0.608. The molecule has 0 spiro atoms. The van der Waals surface area contributed by atoms with Crippen molar-refractivity contribution in [2.24, 2.45) is 5.10 Å². The minimum absolute atomic E-state index is 0.112. The van der Waals surface area contributed by atoms with Gasteiger partial charge in [-0.05, 0) is 30.2 Å². The van der Waals surface area contributed by atoms with Gasteiger partial charge in [0.25, 0.3) is 5.91 Å². The Labute approximate surface area is 122 Å². The molecule has 21 heavy (non-hydrogen) atoms. The van der Waals surface area contributed by atoms with Crippen molar-refractivity contribution >= 4 is 18.0 Å². The van der Waals surface area contributed by atoms with Gasteiger partial charge in [-0.2, -0.15) is 5.10 Å². The molecule has 1 unspecified atom stereocenters. The van der Waals surface area contributed by atoms with Crippen LogP contribution in [-0.4, -0.2) is 38.3 Å². The maximum Gasteiger partial charge on any atom is 0.262 e. The van der Waals surface area contributed by atoms with E-state index in [1.165, 1.54) is 6.21 Å². The Morgan fingerprint density at radius 2 is 2.14 bits per heavy atom. The van der Waals surface area contributed by atoms with E-state index < -0.39 is 6.04 Å². The highest BCUT2D eigenvalue weighted by atomic mass is 16.5. The topological polar surface area (TPSA) is 89.0 Å². The lowest BCUT2D eigenvalue weighted by Gasteiger charge is -2.08. The van der Waals surface area contributed by atoms with Gasteiger partial charge in [0.05, 0.1) is 20.4 Å². The third kappa shape index (κ3) is 3.71. The summed E-state index contributed by atoms with van der Waals surface area (Å²) in [6, 6.07) is 4.78. The lowest BCUT2D eigenvalue weighted by atomic mass is 10.2. The minimum atomic E-state index is -0.500. The summed E-state index contributed by atoms with van der Waals surface area (Å²) in [7, 11) is 3.10. The number of ether oxygens (including phenoxy) is 2. The first-order chi connectivity index (χ1) is 10.1. The lowest BCUT2D eigenvalue weighted by Crippen LogP contribution is -2.39. The summed E-state index contributed by atoms with van der Waals surface area (Å²) in [5.41, 5.74) is 3.16. The van der Waals surface area contributed by atoms with E-state index in [0.29, 0.717) is 24.3 Å². The number of nitrogens with one attached hydrogen (secondary N) is 2. The summed E-state index contributed by atoms with van der Waals surface area (Å²) < 4.78 is 10.3. The molecule has 0 aliphatic carbocycles. The number of hydrazone groups is 1. The molecule has 1 aliphatic rings. The molecule has 1 atom stereocenters. The summed E-state index contributed by atoms with van der Waals surface area (Å²) >= 11 is 0. The van der Waals surface area contributed by atoms with E-state index >= 15 is 0 Å². The fourth-order valence-corrected chi connectivity index (χ4v) is 1.99. The molecule has 1 aromatic carbocycles. The Morgan fingerprint density at radius 3 is 2.76 bits per heavy atom. The molecule has 112 valence electrons. The van der Waals surface area contributed by atoms with E-state index in [4.69, 9.17) is 9.47 Å². The van der Waals surface area contributed by atoms with E-state index in [1.807, 2.05) is 0 Å². The molecule has 1 aliphatic heterocycles. The van der Waals surface area contributed by atoms with Gasteiger partial charge in [-0.25, -0.2) is 5.43 Å². The van der Waals surface area contributed by atoms with Crippen LogP contribution in [0.4, 0.5) is 0 Å². The van der Waals surface area contributed by atoms with Crippen LogP contribution in [-0.2, 0) is 9.59 Å². The predicted octanol–water partition coefficient (Wildman–Crippen LogP) is 0.432. The van der Waals surface area contributed by atoms with Crippen molar-refractivity contribution in [3.05, 3.63) is 23.8 Å². The monoisotopic (exact) mass is 291 g/mol. The second kappa shape index (κ2) is 6.74. The van der Waals surface area contributed by atoms with E-state index in [9.17, 15) is 9.59 Å². The molecule has 7 heteroatoms. The van der Waals surface area contributed by atoms with E-state index in [-0.39, 0.29) is 11.8 Å². The van der Waals surface area contributed by atoms with Gasteiger partial charge in [-0.15, -0.1) is 0 Å². The SMILES string of the molecule is COc1ccc(/C=N/NC(=O)C2CCC(=O)N2)cc1OC. The molecule has 2 amide bonds. The smallest absolute Gasteiger partial charge is 0.262 e. The number of hydrogen-bond donors (Lipinski definition) is 2. The van der Waals surface area contributed by atoms with Crippen LogP contribution in [0, 0.1) is 0 Å². The number of carbonyl (C=O) groups is 2. The van der Waals surface area contributed by atoms with Gasteiger partial charge < -0.3 is 14.8 Å². The van der Waals surface area contributed by atoms with Gasteiger partial charge in [0.15, 0.2) is 11.5 Å². The molecule has 0 bridgehead atoms. The Bertz CT molecular complexity index is 571. The molecule has 1 aromatic rings. The van der Waals surface area contributed by atoms with Crippen LogP contribution in [0.2, 0.25) is 0 Å². The zero-order valence-electron chi connectivity index (χ0n) is 11.9. The van der Waals surface area contributed by atoms with Crippen LogP contribution in [0.5, 0.6) is 11.5 Å². The first kappa shape index (κ1) is 14.8. The highest BCUT2D eigenvalue weighted by Gasteiger charge is 2.26. The molecule has 7 nitrogen and oxygen atoms in total. The molecule has 1 fully saturated rings. The predicted molar refractivity (Wildman–Crippen MR) is 76.4 cm³/mol. The normalized spacial score (nSPS) is 17.6. The van der Waals surface area contributed by atoms with Crippen molar-refractivity contribution in [2.45, 2.75) is 18.9 Å². The van der Waals surface area contributed by atoms with Gasteiger partial charge in [0, 0.05) is 6.42 Å². The summed E-state index contributed by atoms with van der Waals surface area (Å²) in [6.07, 6.45) is 2.37. The first-order valence-corrected chi connectivity index (χ1v) is 6.48. The zero-order valence-corrected chi connectivity index (χ0v) is 11.9. The number of hydrogen-bond acceptors (Lipinski definition) is 5. The number of nitrogens with zero attached hydrogens (tertiary/aromatic N) is 1. The van der Waals surface area contributed by atoms with E-state index in [1.54, 1.807) is 32.4 Å². The Kier molecular flexibility index (Phi) is 4.76. The Morgan fingerprint density at radius 1 is 1.38 bits per heavy atom. The van der Waals surface area contributed by atoms with Gasteiger partial charge in [-0.1, -0.05) is 0 Å². The van der Waals surface area contributed by atoms with Gasteiger partial charge in [-0.3, -0.25) is 9.59 Å². The standard InChI is InChI=1S/C14H17N3O4/c1-20-11-5-3-9(7-12(11)21-2)8-15-17-14(19)10-4-6-13(18)16-10/h3,5,7-8,10H,4,6H2,1-2H3,(H,16,18)(H,17,19)/b15-8+. The van der Waals surface area contributed by atoms with Crippen LogP contribution in [0.3, 0.4) is 0 Å². The Hall–Kier alpha value is -2.57. The van der Waals surface area contributed by atoms with Crippen molar-refractivity contribution in [1.82, 2.24) is 10.7 Å². The van der Waals surface area contributed by atoms with Crippen molar-refractivity contribution in [1.29, 1.82) is 0 Å². The summed E-state index contributed by atoms with van der Waals surface area (Å²) in [4.78, 5) is 22.7. The summed E-state index contributed by atoms with van der Waals surface area (Å²) in [5.74, 6) is 0.764. The van der Waals surface area contributed by atoms with Crippen LogP contribution >= 0.6 is 0 Å². The highest BCUT2D eigenvalue weighted by Crippen LogP contribution is 2.26. The highest BCUT2D eigenvalue weighted by molar-refractivity contribution is 5.91. The molecular weight excluding hydrogens is 274 g/mol. The second-order valence-electron chi connectivity index (χ2n) is 4.51. The van der Waals surface area contributed by atoms with Crippen LogP contribution < -0.4 is 20.2 Å². The molecule has 1 saturated heterocycles. The number of methoxy groups -OCH3 is 2. The van der Waals surface area contributed by atoms with Crippen molar-refractivity contribution in [2.75, 3.05) is 14.2 Å². The van der Waals surface area contributed by atoms with Gasteiger partial charge in [0.2, 0.25) is 5.91 Å². The van der Waals surface area contributed by atoms with Crippen molar-refractivity contribution in [3.8, 4) is 11.5 Å². The third-order valence-corrected chi connectivity index (χ3v) is 3.11. The molecule has 0 saturated carbocycles. The fourth-order valence-electron chi connectivity index (χ4n) is 1.99. The molecule has 2 rings (SSSR count). The minimum Gasteiger partial charge on any atom is -0.493 e. The van der Waals surface area contributed by atoms with Gasteiger partial charge in [0.1, 0.15) is 6.04 Å². The summed E-state index contributed by atoms with van der Waals surface area (Å²) in [5, 5.41) is 6.44. The number of amides is 2. The average molecular weight is 291 g/mol. The van der Waals surface area contributed by atoms with Crippen molar-refractivity contribution < 1.29 is 19.1 Å². The summed E-state index contributed by atoms with van der Waals surface area (Å²) in [6.45, 7) is 0.